The third kappa shape index (κ3) is 4.68. The number of rotatable bonds is 5. The van der Waals surface area contributed by atoms with Crippen molar-refractivity contribution in [2.45, 2.75) is 26.3 Å². The van der Waals surface area contributed by atoms with Gasteiger partial charge in [0.25, 0.3) is 0 Å². The van der Waals surface area contributed by atoms with Crippen LogP contribution < -0.4 is 5.32 Å². The number of guanidine groups is 1. The van der Waals surface area contributed by atoms with Gasteiger partial charge < -0.3 is 19.5 Å². The van der Waals surface area contributed by atoms with E-state index in [9.17, 15) is 9.18 Å². The molecular weight excluding hydrogens is 361 g/mol. The lowest BCUT2D eigenvalue weighted by Gasteiger charge is -2.34. The highest BCUT2D eigenvalue weighted by Gasteiger charge is 2.28. The number of aliphatic imine (C=N–C) groups is 1. The van der Waals surface area contributed by atoms with Crippen molar-refractivity contribution in [3.8, 4) is 5.69 Å². The van der Waals surface area contributed by atoms with Crippen molar-refractivity contribution in [2.24, 2.45) is 10.9 Å². The molecule has 2 heterocycles. The summed E-state index contributed by atoms with van der Waals surface area (Å²) in [6.45, 7) is 4.05. The topological polar surface area (TPSA) is 71.8 Å². The number of likely N-dealkylation sites (tertiary alicyclic amines) is 1. The van der Waals surface area contributed by atoms with E-state index in [-0.39, 0.29) is 17.7 Å². The van der Waals surface area contributed by atoms with Gasteiger partial charge in [-0.25, -0.2) is 9.37 Å². The Kier molecular flexibility index (Phi) is 6.62. The van der Waals surface area contributed by atoms with Crippen LogP contribution in [0, 0.1) is 11.7 Å². The van der Waals surface area contributed by atoms with E-state index in [4.69, 9.17) is 4.74 Å². The molecule has 2 aromatic rings. The number of hydrogen-bond donors (Lipinski definition) is 1. The van der Waals surface area contributed by atoms with Crippen molar-refractivity contribution in [3.63, 3.8) is 0 Å². The predicted molar refractivity (Wildman–Crippen MR) is 105 cm³/mol. The molecule has 150 valence electrons. The fourth-order valence-corrected chi connectivity index (χ4v) is 3.41. The number of piperidine rings is 1. The van der Waals surface area contributed by atoms with Crippen LogP contribution in [0.1, 0.15) is 25.3 Å². The maximum absolute atomic E-state index is 14.4. The van der Waals surface area contributed by atoms with Crippen molar-refractivity contribution in [1.82, 2.24) is 19.8 Å². The Morgan fingerprint density at radius 2 is 2.32 bits per heavy atom. The minimum Gasteiger partial charge on any atom is -0.466 e. The van der Waals surface area contributed by atoms with Crippen molar-refractivity contribution < 1.29 is 13.9 Å². The van der Waals surface area contributed by atoms with Gasteiger partial charge in [-0.3, -0.25) is 9.79 Å². The second-order valence-corrected chi connectivity index (χ2v) is 6.69. The quantitative estimate of drug-likeness (QED) is 0.484. The molecule has 0 radical (unpaired) electrons. The molecule has 0 spiro atoms. The number of esters is 1. The minimum absolute atomic E-state index is 0.140. The molecule has 1 aromatic heterocycles. The lowest BCUT2D eigenvalue weighted by molar-refractivity contribution is -0.149. The number of carbonyl (C=O) groups is 1. The minimum atomic E-state index is -0.312. The summed E-state index contributed by atoms with van der Waals surface area (Å²) in [6.07, 6.45) is 6.61. The molecule has 0 bridgehead atoms. The van der Waals surface area contributed by atoms with Crippen molar-refractivity contribution >= 4 is 11.9 Å². The molecule has 1 N–H and O–H groups in total. The molecule has 1 aromatic carbocycles. The third-order valence-corrected chi connectivity index (χ3v) is 4.80. The van der Waals surface area contributed by atoms with Crippen LogP contribution in [-0.2, 0) is 16.1 Å². The molecule has 1 atom stereocenters. The zero-order valence-corrected chi connectivity index (χ0v) is 16.3. The van der Waals surface area contributed by atoms with E-state index >= 15 is 0 Å². The Balaban J connectivity index is 1.61. The summed E-state index contributed by atoms with van der Waals surface area (Å²) in [5, 5.41) is 3.27. The van der Waals surface area contributed by atoms with Gasteiger partial charge in [0.2, 0.25) is 0 Å². The summed E-state index contributed by atoms with van der Waals surface area (Å²) in [5.41, 5.74) is 1.26. The van der Waals surface area contributed by atoms with Gasteiger partial charge >= 0.3 is 5.97 Å². The monoisotopic (exact) mass is 387 g/mol. The van der Waals surface area contributed by atoms with E-state index in [0.717, 1.165) is 24.9 Å². The average molecular weight is 387 g/mol. The Labute approximate surface area is 164 Å². The Bertz CT molecular complexity index is 822. The van der Waals surface area contributed by atoms with Crippen LogP contribution in [0.25, 0.3) is 5.69 Å². The highest BCUT2D eigenvalue weighted by atomic mass is 19.1. The number of aromatic nitrogens is 2. The van der Waals surface area contributed by atoms with Crippen LogP contribution in [0.3, 0.4) is 0 Å². The SMILES string of the molecule is CCOC(=O)C1CCCN(C(=NC)NCc2ccc(-n3ccnc3)c(F)c2)C1. The standard InChI is InChI=1S/C20H26FN5O2/c1-3-28-19(27)16-5-4-9-25(13-16)20(22-2)24-12-15-6-7-18(17(21)11-15)26-10-8-23-14-26/h6-8,10-11,14,16H,3-5,9,12-13H2,1-2H3,(H,22,24). The highest BCUT2D eigenvalue weighted by molar-refractivity contribution is 5.81. The number of halogens is 1. The summed E-state index contributed by atoms with van der Waals surface area (Å²) in [7, 11) is 1.71. The van der Waals surface area contributed by atoms with E-state index in [1.807, 2.05) is 13.0 Å². The Morgan fingerprint density at radius 3 is 3.00 bits per heavy atom. The molecule has 0 amide bonds. The molecule has 28 heavy (non-hydrogen) atoms. The molecule has 1 unspecified atom stereocenters. The Hall–Kier alpha value is -2.90. The van der Waals surface area contributed by atoms with Crippen LogP contribution in [0.15, 0.2) is 41.9 Å². The molecule has 0 saturated carbocycles. The summed E-state index contributed by atoms with van der Waals surface area (Å²) in [5.74, 6) is 0.0969. The zero-order chi connectivity index (χ0) is 19.9. The van der Waals surface area contributed by atoms with Crippen molar-refractivity contribution in [1.29, 1.82) is 0 Å². The summed E-state index contributed by atoms with van der Waals surface area (Å²) in [4.78, 5) is 22.4. The second-order valence-electron chi connectivity index (χ2n) is 6.69. The molecule has 1 aliphatic rings. The molecule has 1 aliphatic heterocycles. The first-order valence-corrected chi connectivity index (χ1v) is 9.51. The molecule has 1 saturated heterocycles. The van der Waals surface area contributed by atoms with Gasteiger partial charge in [0.05, 0.1) is 24.5 Å². The second kappa shape index (κ2) is 9.34. The first-order chi connectivity index (χ1) is 13.6. The third-order valence-electron chi connectivity index (χ3n) is 4.80. The lowest BCUT2D eigenvalue weighted by atomic mass is 9.98. The van der Waals surface area contributed by atoms with Crippen LogP contribution in [0.4, 0.5) is 4.39 Å². The number of nitrogens with one attached hydrogen (secondary N) is 1. The maximum Gasteiger partial charge on any atom is 0.310 e. The normalized spacial score (nSPS) is 17.5. The molecule has 0 aliphatic carbocycles. The van der Waals surface area contributed by atoms with Gasteiger partial charge in [-0.15, -0.1) is 0 Å². The lowest BCUT2D eigenvalue weighted by Crippen LogP contribution is -2.48. The molecule has 1 fully saturated rings. The zero-order valence-electron chi connectivity index (χ0n) is 16.3. The van der Waals surface area contributed by atoms with Gasteiger partial charge in [0.1, 0.15) is 5.82 Å². The van der Waals surface area contributed by atoms with E-state index in [0.29, 0.717) is 31.3 Å². The maximum atomic E-state index is 14.4. The van der Waals surface area contributed by atoms with Gasteiger partial charge in [0, 0.05) is 39.1 Å². The van der Waals surface area contributed by atoms with E-state index in [2.05, 4.69) is 20.2 Å². The highest BCUT2D eigenvalue weighted by Crippen LogP contribution is 2.19. The summed E-state index contributed by atoms with van der Waals surface area (Å²) < 4.78 is 21.2. The molecular formula is C20H26FN5O2. The molecule has 8 heteroatoms. The first-order valence-electron chi connectivity index (χ1n) is 9.51. The van der Waals surface area contributed by atoms with Gasteiger partial charge in [-0.2, -0.15) is 0 Å². The first kappa shape index (κ1) is 19.9. The van der Waals surface area contributed by atoms with Gasteiger partial charge in [-0.1, -0.05) is 6.07 Å². The van der Waals surface area contributed by atoms with E-state index < -0.39 is 0 Å². The fraction of sp³-hybridized carbons (Fsp3) is 0.450. The van der Waals surface area contributed by atoms with E-state index in [1.54, 1.807) is 36.4 Å². The number of ether oxygens (including phenoxy) is 1. The number of benzene rings is 1. The van der Waals surface area contributed by atoms with Crippen LogP contribution in [-0.4, -0.2) is 53.1 Å². The predicted octanol–water partition coefficient (Wildman–Crippen LogP) is 2.36. The number of nitrogens with zero attached hydrogens (tertiary/aromatic N) is 4. The molecule has 3 rings (SSSR count). The number of hydrogen-bond acceptors (Lipinski definition) is 4. The van der Waals surface area contributed by atoms with Crippen LogP contribution in [0.5, 0.6) is 0 Å². The average Bonchev–Trinajstić information content (AvgIpc) is 3.23. The summed E-state index contributed by atoms with van der Waals surface area (Å²) >= 11 is 0. The number of imidazole rings is 1. The van der Waals surface area contributed by atoms with Crippen molar-refractivity contribution in [2.75, 3.05) is 26.7 Å². The smallest absolute Gasteiger partial charge is 0.310 e. The molecule has 7 nitrogen and oxygen atoms in total. The largest absolute Gasteiger partial charge is 0.466 e. The number of carbonyl (C=O) groups excluding carboxylic acids is 1. The summed E-state index contributed by atoms with van der Waals surface area (Å²) in [6, 6.07) is 5.11. The van der Waals surface area contributed by atoms with Gasteiger partial charge in [0.15, 0.2) is 5.96 Å². The fourth-order valence-electron chi connectivity index (χ4n) is 3.41. The van der Waals surface area contributed by atoms with E-state index in [1.165, 1.54) is 6.07 Å². The van der Waals surface area contributed by atoms with Crippen LogP contribution >= 0.6 is 0 Å². The van der Waals surface area contributed by atoms with Crippen LogP contribution in [0.2, 0.25) is 0 Å². The van der Waals surface area contributed by atoms with Crippen molar-refractivity contribution in [3.05, 3.63) is 48.3 Å². The Morgan fingerprint density at radius 1 is 1.46 bits per heavy atom. The van der Waals surface area contributed by atoms with Gasteiger partial charge in [-0.05, 0) is 37.5 Å².